The molecule has 0 saturated carbocycles. The average molecular weight is 437 g/mol. The summed E-state index contributed by atoms with van der Waals surface area (Å²) in [6.45, 7) is 3.99. The molecule has 162 valence electrons. The summed E-state index contributed by atoms with van der Waals surface area (Å²) in [4.78, 5) is 24.6. The van der Waals surface area contributed by atoms with E-state index in [-0.39, 0.29) is 18.3 Å². The third-order valence-electron chi connectivity index (χ3n) is 6.78. The summed E-state index contributed by atoms with van der Waals surface area (Å²) in [6, 6.07) is 13.8. The molecule has 0 bridgehead atoms. The van der Waals surface area contributed by atoms with Crippen LogP contribution in [0.25, 0.3) is 22.2 Å². The standard InChI is InChI=1S/C25H28N4O.ClH/c30-25(29-14-9-19(10-15-29)18-7-12-26-13-8-18)22-16-24(20-4-3-11-27-17-20)28-23-6-2-1-5-21(22)23;/h1-6,11,16-19,26H,7-10,12-15H2;1H. The van der Waals surface area contributed by atoms with Gasteiger partial charge < -0.3 is 10.2 Å². The van der Waals surface area contributed by atoms with E-state index >= 15 is 0 Å². The van der Waals surface area contributed by atoms with Crippen molar-refractivity contribution in [1.82, 2.24) is 20.2 Å². The molecule has 5 rings (SSSR count). The molecule has 0 radical (unpaired) electrons. The van der Waals surface area contributed by atoms with Crippen molar-refractivity contribution in [1.29, 1.82) is 0 Å². The number of amides is 1. The lowest BCUT2D eigenvalue weighted by molar-refractivity contribution is 0.0644. The maximum Gasteiger partial charge on any atom is 0.254 e. The Morgan fingerprint density at radius 3 is 2.45 bits per heavy atom. The van der Waals surface area contributed by atoms with Crippen LogP contribution in [0.1, 0.15) is 36.0 Å². The molecule has 6 heteroatoms. The monoisotopic (exact) mass is 436 g/mol. The van der Waals surface area contributed by atoms with Crippen LogP contribution in [0.5, 0.6) is 0 Å². The van der Waals surface area contributed by atoms with E-state index in [1.165, 1.54) is 12.8 Å². The average Bonchev–Trinajstić information content (AvgIpc) is 2.84. The molecular weight excluding hydrogens is 408 g/mol. The molecule has 0 spiro atoms. The van der Waals surface area contributed by atoms with Gasteiger partial charge in [-0.25, -0.2) is 4.98 Å². The summed E-state index contributed by atoms with van der Waals surface area (Å²) in [5, 5.41) is 4.39. The minimum Gasteiger partial charge on any atom is -0.339 e. The maximum absolute atomic E-state index is 13.6. The van der Waals surface area contributed by atoms with Gasteiger partial charge in [-0.3, -0.25) is 9.78 Å². The number of nitrogens with one attached hydrogen (secondary N) is 1. The highest BCUT2D eigenvalue weighted by Crippen LogP contribution is 2.32. The van der Waals surface area contributed by atoms with E-state index in [1.807, 2.05) is 47.4 Å². The molecule has 2 aromatic heterocycles. The number of benzene rings is 1. The minimum absolute atomic E-state index is 0. The van der Waals surface area contributed by atoms with E-state index in [0.29, 0.717) is 0 Å². The Morgan fingerprint density at radius 1 is 0.968 bits per heavy atom. The molecule has 2 fully saturated rings. The summed E-state index contributed by atoms with van der Waals surface area (Å²) >= 11 is 0. The van der Waals surface area contributed by atoms with Crippen molar-refractivity contribution in [2.75, 3.05) is 26.2 Å². The summed E-state index contributed by atoms with van der Waals surface area (Å²) in [5.41, 5.74) is 3.34. The normalized spacial score (nSPS) is 18.0. The van der Waals surface area contributed by atoms with Gasteiger partial charge in [0.25, 0.3) is 5.91 Å². The molecule has 0 aliphatic carbocycles. The van der Waals surface area contributed by atoms with E-state index in [2.05, 4.69) is 10.3 Å². The molecule has 1 amide bonds. The Morgan fingerprint density at radius 2 is 1.71 bits per heavy atom. The second kappa shape index (κ2) is 9.75. The fourth-order valence-corrected chi connectivity index (χ4v) is 5.07. The number of carbonyl (C=O) groups is 1. The van der Waals surface area contributed by atoms with Crippen molar-refractivity contribution >= 4 is 29.2 Å². The van der Waals surface area contributed by atoms with Crippen LogP contribution in [0.2, 0.25) is 0 Å². The first kappa shape index (κ1) is 21.7. The van der Waals surface area contributed by atoms with Crippen molar-refractivity contribution < 1.29 is 4.79 Å². The van der Waals surface area contributed by atoms with Gasteiger partial charge in [0.2, 0.25) is 0 Å². The lowest BCUT2D eigenvalue weighted by atomic mass is 9.79. The molecule has 5 nitrogen and oxygen atoms in total. The van der Waals surface area contributed by atoms with Gasteiger partial charge >= 0.3 is 0 Å². The van der Waals surface area contributed by atoms with E-state index < -0.39 is 0 Å². The Hall–Kier alpha value is -2.50. The molecule has 2 aliphatic heterocycles. The molecule has 0 unspecified atom stereocenters. The number of pyridine rings is 2. The molecule has 2 saturated heterocycles. The number of para-hydroxylation sites is 1. The van der Waals surface area contributed by atoms with Crippen LogP contribution < -0.4 is 5.32 Å². The second-order valence-electron chi connectivity index (χ2n) is 8.53. The fourth-order valence-electron chi connectivity index (χ4n) is 5.07. The SMILES string of the molecule is Cl.O=C(c1cc(-c2cccnc2)nc2ccccc12)N1CCC(C2CCNCC2)CC1. The summed E-state index contributed by atoms with van der Waals surface area (Å²) in [5.74, 6) is 1.71. The van der Waals surface area contributed by atoms with Crippen LogP contribution in [0, 0.1) is 11.8 Å². The highest BCUT2D eigenvalue weighted by Gasteiger charge is 2.30. The van der Waals surface area contributed by atoms with Gasteiger partial charge in [-0.05, 0) is 74.9 Å². The first-order valence-electron chi connectivity index (χ1n) is 11.1. The smallest absolute Gasteiger partial charge is 0.254 e. The van der Waals surface area contributed by atoms with Gasteiger partial charge in [0, 0.05) is 36.4 Å². The number of fused-ring (bicyclic) bond motifs is 1. The van der Waals surface area contributed by atoms with Crippen molar-refractivity contribution in [2.45, 2.75) is 25.7 Å². The fraction of sp³-hybridized carbons (Fsp3) is 0.400. The van der Waals surface area contributed by atoms with Gasteiger partial charge in [0.15, 0.2) is 0 Å². The number of carbonyl (C=O) groups excluding carboxylic acids is 1. The second-order valence-corrected chi connectivity index (χ2v) is 8.53. The van der Waals surface area contributed by atoms with Crippen LogP contribution in [0.15, 0.2) is 54.9 Å². The number of hydrogen-bond acceptors (Lipinski definition) is 4. The van der Waals surface area contributed by atoms with E-state index in [4.69, 9.17) is 4.98 Å². The van der Waals surface area contributed by atoms with Crippen LogP contribution >= 0.6 is 12.4 Å². The number of halogens is 1. The molecule has 4 heterocycles. The third-order valence-corrected chi connectivity index (χ3v) is 6.78. The predicted molar refractivity (Wildman–Crippen MR) is 126 cm³/mol. The highest BCUT2D eigenvalue weighted by molar-refractivity contribution is 6.07. The first-order chi connectivity index (χ1) is 14.8. The van der Waals surface area contributed by atoms with Crippen molar-refractivity contribution in [3.8, 4) is 11.3 Å². The zero-order valence-corrected chi connectivity index (χ0v) is 18.5. The Balaban J connectivity index is 0.00000231. The van der Waals surface area contributed by atoms with Crippen molar-refractivity contribution in [2.24, 2.45) is 11.8 Å². The zero-order valence-electron chi connectivity index (χ0n) is 17.7. The summed E-state index contributed by atoms with van der Waals surface area (Å²) in [6.07, 6.45) is 8.35. The number of hydrogen-bond donors (Lipinski definition) is 1. The van der Waals surface area contributed by atoms with E-state index in [0.717, 1.165) is 78.6 Å². The molecule has 31 heavy (non-hydrogen) atoms. The van der Waals surface area contributed by atoms with Gasteiger partial charge in [0.1, 0.15) is 0 Å². The first-order valence-corrected chi connectivity index (χ1v) is 11.1. The lowest BCUT2D eigenvalue weighted by Crippen LogP contribution is -2.42. The van der Waals surface area contributed by atoms with Gasteiger partial charge in [0.05, 0.1) is 16.8 Å². The van der Waals surface area contributed by atoms with Crippen molar-refractivity contribution in [3.63, 3.8) is 0 Å². The molecule has 2 aliphatic rings. The maximum atomic E-state index is 13.6. The number of likely N-dealkylation sites (tertiary alicyclic amines) is 1. The Kier molecular flexibility index (Phi) is 6.83. The number of aromatic nitrogens is 2. The Labute approximate surface area is 189 Å². The van der Waals surface area contributed by atoms with Crippen LogP contribution in [0.3, 0.4) is 0 Å². The summed E-state index contributed by atoms with van der Waals surface area (Å²) in [7, 11) is 0. The van der Waals surface area contributed by atoms with Crippen LogP contribution in [-0.2, 0) is 0 Å². The van der Waals surface area contributed by atoms with E-state index in [9.17, 15) is 4.79 Å². The Bertz CT molecular complexity index is 1030. The minimum atomic E-state index is 0. The zero-order chi connectivity index (χ0) is 20.3. The predicted octanol–water partition coefficient (Wildman–Crippen LogP) is 4.57. The van der Waals surface area contributed by atoms with Gasteiger partial charge in [-0.1, -0.05) is 18.2 Å². The largest absolute Gasteiger partial charge is 0.339 e. The molecular formula is C25H29ClN4O. The summed E-state index contributed by atoms with van der Waals surface area (Å²) < 4.78 is 0. The number of rotatable bonds is 3. The van der Waals surface area contributed by atoms with Crippen LogP contribution in [0.4, 0.5) is 0 Å². The van der Waals surface area contributed by atoms with Gasteiger partial charge in [-0.15, -0.1) is 12.4 Å². The number of piperidine rings is 2. The van der Waals surface area contributed by atoms with Gasteiger partial charge in [-0.2, -0.15) is 0 Å². The quantitative estimate of drug-likeness (QED) is 0.653. The molecule has 1 aromatic carbocycles. The molecule has 0 atom stereocenters. The molecule has 1 N–H and O–H groups in total. The van der Waals surface area contributed by atoms with E-state index in [1.54, 1.807) is 12.4 Å². The van der Waals surface area contributed by atoms with Crippen molar-refractivity contribution in [3.05, 3.63) is 60.4 Å². The lowest BCUT2D eigenvalue weighted by Gasteiger charge is -2.38. The van der Waals surface area contributed by atoms with Crippen LogP contribution in [-0.4, -0.2) is 47.0 Å². The molecule has 3 aromatic rings. The topological polar surface area (TPSA) is 58.1 Å². The highest BCUT2D eigenvalue weighted by atomic mass is 35.5. The third kappa shape index (κ3) is 4.58. The number of nitrogens with zero attached hydrogens (tertiary/aromatic N) is 3.